The van der Waals surface area contributed by atoms with Gasteiger partial charge in [-0.15, -0.1) is 0 Å². The van der Waals surface area contributed by atoms with Crippen LogP contribution in [0.25, 0.3) is 32.7 Å². The molecule has 390 valence electrons. The molecule has 4 aromatic rings. The highest BCUT2D eigenvalue weighted by Gasteiger charge is 2.58. The van der Waals surface area contributed by atoms with Gasteiger partial charge in [-0.1, -0.05) is 72.8 Å². The molecule has 0 aromatic heterocycles. The summed E-state index contributed by atoms with van der Waals surface area (Å²) in [5.74, 6) is -4.08. The average molecular weight is 992 g/mol. The number of hydrogen-bond acceptors (Lipinski definition) is 11. The minimum atomic E-state index is -1.83. The molecule has 7 N–H and O–H groups in total. The van der Waals surface area contributed by atoms with Crippen molar-refractivity contribution in [2.75, 3.05) is 0 Å². The zero-order chi connectivity index (χ0) is 53.9. The molecule has 0 saturated carbocycles. The first-order valence-electron chi connectivity index (χ1n) is 24.8. The molecule has 1 aliphatic carbocycles. The molecular formula is C56H77N7O9. The molecule has 1 aliphatic heterocycles. The van der Waals surface area contributed by atoms with Gasteiger partial charge >= 0.3 is 12.1 Å². The molecule has 16 nitrogen and oxygen atoms in total. The van der Waals surface area contributed by atoms with Gasteiger partial charge in [-0.3, -0.25) is 29.4 Å². The number of esters is 1. The predicted octanol–water partition coefficient (Wildman–Crippen LogP) is 6.26. The van der Waals surface area contributed by atoms with Gasteiger partial charge in [-0.25, -0.2) is 9.59 Å². The summed E-state index contributed by atoms with van der Waals surface area (Å²) in [6.07, 6.45) is -0.769. The molecule has 0 spiro atoms. The van der Waals surface area contributed by atoms with Crippen LogP contribution >= 0.6 is 0 Å². The molecular weight excluding hydrogens is 915 g/mol. The Morgan fingerprint density at radius 1 is 0.681 bits per heavy atom. The lowest BCUT2D eigenvalue weighted by Crippen LogP contribution is -3.24. The third kappa shape index (κ3) is 11.6. The topological polar surface area (TPSA) is 226 Å². The van der Waals surface area contributed by atoms with Crippen LogP contribution in [-0.2, 0) is 46.3 Å². The molecule has 1 saturated heterocycles. The van der Waals surface area contributed by atoms with E-state index < -0.39 is 92.3 Å². The number of nitrogens with zero attached hydrogens (tertiary/aromatic N) is 1. The number of ether oxygens (including phenoxy) is 2. The fraction of sp³-hybridized carbons (Fsp3) is 0.536. The first-order chi connectivity index (χ1) is 32.9. The number of amides is 5. The van der Waals surface area contributed by atoms with Gasteiger partial charge in [0.1, 0.15) is 40.0 Å². The zero-order valence-electron chi connectivity index (χ0n) is 45.1. The highest BCUT2D eigenvalue weighted by atomic mass is 16.6. The van der Waals surface area contributed by atoms with Crippen LogP contribution in [0.5, 0.6) is 0 Å². The van der Waals surface area contributed by atoms with Crippen LogP contribution < -0.4 is 32.1 Å². The third-order valence-corrected chi connectivity index (χ3v) is 13.6. The molecule has 4 aromatic carbocycles. The van der Waals surface area contributed by atoms with Crippen molar-refractivity contribution in [3.8, 4) is 11.1 Å². The van der Waals surface area contributed by atoms with E-state index in [0.29, 0.717) is 0 Å². The number of fused-ring (bicyclic) bond motifs is 7. The van der Waals surface area contributed by atoms with E-state index >= 15 is 9.59 Å². The molecule has 2 atom stereocenters. The van der Waals surface area contributed by atoms with Crippen LogP contribution in [0.3, 0.4) is 0 Å². The number of nitrogens with two attached hydrogens (primary N) is 1. The van der Waals surface area contributed by atoms with E-state index in [1.165, 1.54) is 27.7 Å². The monoisotopic (exact) mass is 992 g/mol. The van der Waals surface area contributed by atoms with Gasteiger partial charge in [-0.05, 0) is 155 Å². The smallest absolute Gasteiger partial charge is 0.409 e. The predicted molar refractivity (Wildman–Crippen MR) is 279 cm³/mol. The second kappa shape index (κ2) is 19.2. The Morgan fingerprint density at radius 2 is 1.14 bits per heavy atom. The van der Waals surface area contributed by atoms with E-state index in [0.717, 1.165) is 48.7 Å². The van der Waals surface area contributed by atoms with Crippen molar-refractivity contribution in [3.63, 3.8) is 0 Å². The lowest BCUT2D eigenvalue weighted by molar-refractivity contribution is -0.956. The maximum absolute atomic E-state index is 15.9. The molecule has 2 aliphatic rings. The molecule has 0 radical (unpaired) electrons. The van der Waals surface area contributed by atoms with Crippen LogP contribution in [0, 0.1) is 5.21 Å². The van der Waals surface area contributed by atoms with E-state index in [9.17, 15) is 24.4 Å². The highest BCUT2D eigenvalue weighted by Crippen LogP contribution is 2.44. The quantitative estimate of drug-likeness (QED) is 0.0559. The maximum atomic E-state index is 15.9. The van der Waals surface area contributed by atoms with Crippen molar-refractivity contribution in [2.45, 2.75) is 193 Å². The number of nitrogens with one attached hydrogen (secondary N) is 5. The Labute approximate surface area is 424 Å². The van der Waals surface area contributed by atoms with Crippen LogP contribution in [0.4, 0.5) is 4.79 Å². The van der Waals surface area contributed by atoms with Gasteiger partial charge in [0.15, 0.2) is 0 Å². The SMILES string of the molecule is C[C@H](NC(=O)C(C)(C)NC(=O)[C@H](C)N(C(=O)C1(N)CC(C)(C)[NH+]([O-])C(C)(C)C1)C(=O)C(C)(C)NC1(NC(=O)OC(C)(C)C)Cc2ccc3ccccc3c2-c2c(ccc3ccccc23)C1)C(=O)OC(C)(C)C. The van der Waals surface area contributed by atoms with Gasteiger partial charge in [0.25, 0.3) is 5.91 Å². The van der Waals surface area contributed by atoms with E-state index in [1.54, 1.807) is 83.1 Å². The molecule has 16 heteroatoms. The zero-order valence-corrected chi connectivity index (χ0v) is 45.1. The number of imide groups is 1. The van der Waals surface area contributed by atoms with Gasteiger partial charge in [0.2, 0.25) is 17.7 Å². The fourth-order valence-electron chi connectivity index (χ4n) is 10.9. The number of alkyl carbamates (subject to hydrolysis) is 1. The first kappa shape index (κ1) is 55.4. The minimum Gasteiger partial charge on any atom is -0.634 e. The number of carbonyl (C=O) groups excluding carboxylic acids is 6. The summed E-state index contributed by atoms with van der Waals surface area (Å²) in [7, 11) is 0. The van der Waals surface area contributed by atoms with Gasteiger partial charge in [0, 0.05) is 25.7 Å². The van der Waals surface area contributed by atoms with Crippen molar-refractivity contribution >= 4 is 57.2 Å². The molecule has 6 rings (SSSR count). The van der Waals surface area contributed by atoms with Crippen molar-refractivity contribution < 1.29 is 43.3 Å². The molecule has 1 fully saturated rings. The first-order valence-corrected chi connectivity index (χ1v) is 24.8. The summed E-state index contributed by atoms with van der Waals surface area (Å²) in [4.78, 5) is 87.8. The normalized spacial score (nSPS) is 20.4. The standard InChI is InChI=1S/C56H77N7O9/c1-33(44(65)71-49(3,4)5)58-45(66)53(13,14)59-43(64)34(2)62(47(68)55(57)31-51(9,10)63(70)52(11,12)32-55)46(67)54(15,16)61-56(60-48(69)72-50(6,7)8)29-37-27-25-35-21-17-19-23-39(35)41(37)42-38(30-56)28-26-36-22-18-20-24-40(36)42/h17-28,33-34,61,63H,29-32,57H2,1-16H3,(H,58,66)(H,59,64)(H,60,69)/t33-,34-/m0/s1. The average Bonchev–Trinajstić information content (AvgIpc) is 3.37. The fourth-order valence-corrected chi connectivity index (χ4v) is 10.9. The van der Waals surface area contributed by atoms with Crippen molar-refractivity contribution in [2.24, 2.45) is 5.73 Å². The van der Waals surface area contributed by atoms with Crippen LogP contribution in [-0.4, -0.2) is 97.2 Å². The summed E-state index contributed by atoms with van der Waals surface area (Å²) >= 11 is 0. The Kier molecular flexibility index (Phi) is 14.7. The molecule has 0 bridgehead atoms. The molecule has 72 heavy (non-hydrogen) atoms. The van der Waals surface area contributed by atoms with E-state index in [2.05, 4.69) is 33.4 Å². The van der Waals surface area contributed by atoms with Crippen molar-refractivity contribution in [1.29, 1.82) is 0 Å². The molecule has 1 heterocycles. The number of rotatable bonds is 11. The van der Waals surface area contributed by atoms with Gasteiger partial charge < -0.3 is 41.4 Å². The number of hydroxylamine groups is 2. The van der Waals surface area contributed by atoms with Gasteiger partial charge in [-0.2, -0.15) is 0 Å². The summed E-state index contributed by atoms with van der Waals surface area (Å²) in [5, 5.41) is 29.7. The number of piperidine rings is 1. The second-order valence-corrected chi connectivity index (χ2v) is 24.6. The Bertz CT molecular complexity index is 2700. The largest absolute Gasteiger partial charge is 0.634 e. The highest BCUT2D eigenvalue weighted by molar-refractivity contribution is 6.09. The lowest BCUT2D eigenvalue weighted by atomic mass is 9.70. The van der Waals surface area contributed by atoms with E-state index in [1.807, 2.05) is 60.7 Å². The Balaban J connectivity index is 1.47. The number of carbonyl (C=O) groups is 6. The Hall–Kier alpha value is -5.94. The Morgan fingerprint density at radius 3 is 1.60 bits per heavy atom. The molecule has 5 amide bonds. The summed E-state index contributed by atoms with van der Waals surface area (Å²) in [5.41, 5.74) is 0.0771. The minimum absolute atomic E-state index is 0.104. The number of benzene rings is 4. The third-order valence-electron chi connectivity index (χ3n) is 13.6. The summed E-state index contributed by atoms with van der Waals surface area (Å²) in [6.45, 7) is 26.0. The number of hydrogen-bond donors (Lipinski definition) is 6. The second-order valence-electron chi connectivity index (χ2n) is 24.6. The van der Waals surface area contributed by atoms with Crippen molar-refractivity contribution in [1.82, 2.24) is 26.2 Å². The van der Waals surface area contributed by atoms with Crippen LogP contribution in [0.15, 0.2) is 72.8 Å². The van der Waals surface area contributed by atoms with Gasteiger partial charge in [0.05, 0.1) is 16.6 Å². The van der Waals surface area contributed by atoms with Crippen molar-refractivity contribution in [3.05, 3.63) is 89.1 Å². The summed E-state index contributed by atoms with van der Waals surface area (Å²) < 4.78 is 11.4. The van der Waals surface area contributed by atoms with Crippen LogP contribution in [0.1, 0.15) is 135 Å². The van der Waals surface area contributed by atoms with Crippen LogP contribution in [0.2, 0.25) is 0 Å². The van der Waals surface area contributed by atoms with E-state index in [4.69, 9.17) is 15.2 Å². The summed E-state index contributed by atoms with van der Waals surface area (Å²) in [6, 6.07) is 21.6. The van der Waals surface area contributed by atoms with E-state index in [-0.39, 0.29) is 30.7 Å². The lowest BCUT2D eigenvalue weighted by Gasteiger charge is -2.57. The maximum Gasteiger partial charge on any atom is 0.409 e. The molecule has 0 unspecified atom stereocenters. The number of quaternary nitrogens is 1.